The highest BCUT2D eigenvalue weighted by atomic mass is 32.1. The van der Waals surface area contributed by atoms with Gasteiger partial charge in [-0.3, -0.25) is 4.79 Å². The summed E-state index contributed by atoms with van der Waals surface area (Å²) < 4.78 is 14.5. The predicted octanol–water partition coefficient (Wildman–Crippen LogP) is 3.43. The maximum absolute atomic E-state index is 14.5. The van der Waals surface area contributed by atoms with Gasteiger partial charge in [-0.1, -0.05) is 30.3 Å². The van der Waals surface area contributed by atoms with E-state index in [2.05, 4.69) is 23.3 Å². The van der Waals surface area contributed by atoms with Crippen LogP contribution in [0.2, 0.25) is 0 Å². The molecule has 0 unspecified atom stereocenters. The zero-order chi connectivity index (χ0) is 20.7. The first-order valence-electron chi connectivity index (χ1n) is 8.36. The summed E-state index contributed by atoms with van der Waals surface area (Å²) in [5, 5.41) is 22.7. The van der Waals surface area contributed by atoms with Gasteiger partial charge in [0.15, 0.2) is 0 Å². The predicted molar refractivity (Wildman–Crippen MR) is 112 cm³/mol. The van der Waals surface area contributed by atoms with Gasteiger partial charge in [-0.15, -0.1) is 12.6 Å². The molecule has 0 spiro atoms. The van der Waals surface area contributed by atoms with E-state index in [1.54, 1.807) is 6.92 Å². The van der Waals surface area contributed by atoms with Gasteiger partial charge < -0.3 is 21.8 Å². The Morgan fingerprint density at radius 1 is 1.36 bits per heavy atom. The van der Waals surface area contributed by atoms with Crippen molar-refractivity contribution >= 4 is 35.6 Å². The monoisotopic (exact) mass is 397 g/mol. The second-order valence-corrected chi connectivity index (χ2v) is 6.60. The summed E-state index contributed by atoms with van der Waals surface area (Å²) in [6.45, 7) is 1.57. The number of rotatable bonds is 8. The van der Waals surface area contributed by atoms with E-state index in [4.69, 9.17) is 11.1 Å². The van der Waals surface area contributed by atoms with Crippen LogP contribution in [-0.2, 0) is 11.2 Å². The van der Waals surface area contributed by atoms with Crippen LogP contribution in [0, 0.1) is 22.6 Å². The number of allylic oxidation sites excluding steroid dienone is 1. The second-order valence-electron chi connectivity index (χ2n) is 6.12. The van der Waals surface area contributed by atoms with Crippen LogP contribution in [0.3, 0.4) is 0 Å². The summed E-state index contributed by atoms with van der Waals surface area (Å²) >= 11 is 4.21. The molecule has 0 heterocycles. The number of carbonyl (C=O) groups is 1. The van der Waals surface area contributed by atoms with Crippen LogP contribution in [0.25, 0.3) is 0 Å². The maximum Gasteiger partial charge on any atom is 0.240 e. The Bertz CT molecular complexity index is 953. The molecule has 28 heavy (non-hydrogen) atoms. The summed E-state index contributed by atoms with van der Waals surface area (Å²) in [6, 6.07) is 12.7. The molecule has 0 aliphatic rings. The Morgan fingerprint density at radius 3 is 2.61 bits per heavy atom. The highest BCUT2D eigenvalue weighted by Gasteiger charge is 2.19. The first-order chi connectivity index (χ1) is 13.3. The molecular formula is C20H20FN5OS. The van der Waals surface area contributed by atoms with Crippen LogP contribution < -0.4 is 16.4 Å². The van der Waals surface area contributed by atoms with Crippen LogP contribution in [0.1, 0.15) is 18.1 Å². The number of halogens is 1. The van der Waals surface area contributed by atoms with Gasteiger partial charge in [0.2, 0.25) is 5.91 Å². The lowest BCUT2D eigenvalue weighted by Crippen LogP contribution is -2.37. The summed E-state index contributed by atoms with van der Waals surface area (Å²) in [5.41, 5.74) is 6.97. The molecule has 0 aliphatic heterocycles. The Labute approximate surface area is 168 Å². The van der Waals surface area contributed by atoms with Gasteiger partial charge in [0.25, 0.3) is 0 Å². The van der Waals surface area contributed by atoms with Crippen molar-refractivity contribution < 1.29 is 9.18 Å². The van der Waals surface area contributed by atoms with E-state index in [1.165, 1.54) is 12.1 Å². The van der Waals surface area contributed by atoms with Crippen molar-refractivity contribution in [2.75, 3.05) is 10.6 Å². The fourth-order valence-corrected chi connectivity index (χ4v) is 2.83. The Balaban J connectivity index is 2.32. The molecule has 0 fully saturated rings. The average Bonchev–Trinajstić information content (AvgIpc) is 2.63. The molecule has 0 saturated heterocycles. The summed E-state index contributed by atoms with van der Waals surface area (Å²) in [7, 11) is 0. The number of anilines is 2. The first-order valence-corrected chi connectivity index (χ1v) is 8.81. The van der Waals surface area contributed by atoms with Gasteiger partial charge in [-0.25, -0.2) is 4.39 Å². The maximum atomic E-state index is 14.5. The zero-order valence-electron chi connectivity index (χ0n) is 15.2. The minimum absolute atomic E-state index is 0.0222. The smallest absolute Gasteiger partial charge is 0.240 e. The van der Waals surface area contributed by atoms with Crippen LogP contribution in [0.4, 0.5) is 15.8 Å². The fourth-order valence-electron chi connectivity index (χ4n) is 2.52. The molecular weight excluding hydrogens is 377 g/mol. The third-order valence-corrected chi connectivity index (χ3v) is 4.04. The number of benzene rings is 2. The molecule has 2 aromatic rings. The van der Waals surface area contributed by atoms with E-state index in [-0.39, 0.29) is 29.1 Å². The molecule has 0 bridgehead atoms. The fraction of sp³-hybridized carbons (Fsp3) is 0.150. The highest BCUT2D eigenvalue weighted by Crippen LogP contribution is 2.27. The molecule has 1 amide bonds. The standard InChI is InChI=1S/C20H20FN5OS/c1-12(23)7-19(28)26-16-10-17(15(21)9-14(16)11-22)25-18(20(24)27)8-13-5-3-2-4-6-13/h2-7,9-10,18,23,25-26,28H,8H2,1H3,(H2,24,27)/b19-7-,23-12?/t18-/m1/s1. The number of primary amides is 1. The Kier molecular flexibility index (Phi) is 7.18. The first kappa shape index (κ1) is 21.0. The molecule has 0 aromatic heterocycles. The SMILES string of the molecule is CC(=N)/C=C(\S)Nc1cc(N[C@H](Cc2ccccc2)C(N)=O)c(F)cc1C#N. The highest BCUT2D eigenvalue weighted by molar-refractivity contribution is 7.84. The van der Waals surface area contributed by atoms with Crippen LogP contribution in [-0.4, -0.2) is 17.7 Å². The van der Waals surface area contributed by atoms with E-state index in [0.29, 0.717) is 5.03 Å². The molecule has 0 radical (unpaired) electrons. The molecule has 2 aromatic carbocycles. The van der Waals surface area contributed by atoms with Crippen molar-refractivity contribution in [2.45, 2.75) is 19.4 Å². The molecule has 1 atom stereocenters. The summed E-state index contributed by atoms with van der Waals surface area (Å²) in [4.78, 5) is 11.9. The summed E-state index contributed by atoms with van der Waals surface area (Å²) in [6.07, 6.45) is 1.73. The van der Waals surface area contributed by atoms with E-state index >= 15 is 0 Å². The van der Waals surface area contributed by atoms with Crippen molar-refractivity contribution in [3.63, 3.8) is 0 Å². The zero-order valence-corrected chi connectivity index (χ0v) is 16.1. The van der Waals surface area contributed by atoms with Crippen LogP contribution in [0.15, 0.2) is 53.6 Å². The third kappa shape index (κ3) is 5.86. The largest absolute Gasteiger partial charge is 0.371 e. The normalized spacial score (nSPS) is 12.0. The van der Waals surface area contributed by atoms with Crippen molar-refractivity contribution in [3.8, 4) is 6.07 Å². The van der Waals surface area contributed by atoms with Gasteiger partial charge in [-0.2, -0.15) is 5.26 Å². The Hall–Kier alpha value is -3.31. The lowest BCUT2D eigenvalue weighted by molar-refractivity contribution is -0.118. The molecule has 5 N–H and O–H groups in total. The number of hydrogen-bond acceptors (Lipinski definition) is 6. The van der Waals surface area contributed by atoms with E-state index in [9.17, 15) is 14.4 Å². The van der Waals surface area contributed by atoms with E-state index in [1.807, 2.05) is 36.4 Å². The number of thiol groups is 1. The van der Waals surface area contributed by atoms with Crippen LogP contribution >= 0.6 is 12.6 Å². The molecule has 6 nitrogen and oxygen atoms in total. The number of nitrogens with two attached hydrogens (primary N) is 1. The Morgan fingerprint density at radius 2 is 2.04 bits per heavy atom. The quantitative estimate of drug-likeness (QED) is 0.347. The van der Waals surface area contributed by atoms with Gasteiger partial charge in [0, 0.05) is 12.1 Å². The topological polar surface area (TPSA) is 115 Å². The second kappa shape index (κ2) is 9.58. The number of nitrogens with zero attached hydrogens (tertiary/aromatic N) is 1. The summed E-state index contributed by atoms with van der Waals surface area (Å²) in [5.74, 6) is -1.31. The van der Waals surface area contributed by atoms with E-state index in [0.717, 1.165) is 11.6 Å². The van der Waals surface area contributed by atoms with E-state index < -0.39 is 17.8 Å². The number of nitrogens with one attached hydrogen (secondary N) is 3. The molecule has 2 rings (SSSR count). The minimum atomic E-state index is -0.840. The van der Waals surface area contributed by atoms with Crippen molar-refractivity contribution in [2.24, 2.45) is 5.73 Å². The minimum Gasteiger partial charge on any atom is -0.371 e. The van der Waals surface area contributed by atoms with Crippen molar-refractivity contribution in [3.05, 3.63) is 70.5 Å². The molecule has 144 valence electrons. The lowest BCUT2D eigenvalue weighted by Gasteiger charge is -2.19. The number of nitriles is 1. The number of amides is 1. The van der Waals surface area contributed by atoms with Gasteiger partial charge in [0.05, 0.1) is 22.0 Å². The molecule has 8 heteroatoms. The molecule has 0 aliphatic carbocycles. The number of carbonyl (C=O) groups excluding carboxylic acids is 1. The van der Waals surface area contributed by atoms with Crippen molar-refractivity contribution in [1.29, 1.82) is 10.7 Å². The number of hydrogen-bond donors (Lipinski definition) is 5. The third-order valence-electron chi connectivity index (χ3n) is 3.80. The van der Waals surface area contributed by atoms with Gasteiger partial charge in [0.1, 0.15) is 17.9 Å². The van der Waals surface area contributed by atoms with Gasteiger partial charge >= 0.3 is 0 Å². The molecule has 0 saturated carbocycles. The van der Waals surface area contributed by atoms with Crippen LogP contribution in [0.5, 0.6) is 0 Å². The lowest BCUT2D eigenvalue weighted by atomic mass is 10.0. The van der Waals surface area contributed by atoms with Crippen molar-refractivity contribution in [1.82, 2.24) is 0 Å². The average molecular weight is 397 g/mol. The van der Waals surface area contributed by atoms with Gasteiger partial charge in [-0.05, 0) is 30.7 Å².